The summed E-state index contributed by atoms with van der Waals surface area (Å²) in [5, 5.41) is 2.76. The molecule has 0 radical (unpaired) electrons. The number of sulfonamides is 1. The summed E-state index contributed by atoms with van der Waals surface area (Å²) in [5.41, 5.74) is 1.33. The summed E-state index contributed by atoms with van der Waals surface area (Å²) in [7, 11) is -3.56. The average Bonchev–Trinajstić information content (AvgIpc) is 2.98. The topological polar surface area (TPSA) is 66.5 Å². The van der Waals surface area contributed by atoms with Crippen LogP contribution in [0.3, 0.4) is 0 Å². The van der Waals surface area contributed by atoms with Crippen molar-refractivity contribution in [2.24, 2.45) is 0 Å². The molecular formula is C21H25FN2O3S. The van der Waals surface area contributed by atoms with E-state index in [4.69, 9.17) is 0 Å². The van der Waals surface area contributed by atoms with E-state index in [1.165, 1.54) is 22.5 Å². The van der Waals surface area contributed by atoms with Gasteiger partial charge < -0.3 is 5.32 Å². The summed E-state index contributed by atoms with van der Waals surface area (Å²) >= 11 is 0. The van der Waals surface area contributed by atoms with Gasteiger partial charge in [0.1, 0.15) is 5.82 Å². The maximum Gasteiger partial charge on any atom is 0.243 e. The number of amides is 1. The van der Waals surface area contributed by atoms with Gasteiger partial charge in [0.2, 0.25) is 15.9 Å². The first-order valence-corrected chi connectivity index (χ1v) is 11.0. The Morgan fingerprint density at radius 1 is 1.00 bits per heavy atom. The lowest BCUT2D eigenvalue weighted by Gasteiger charge is -2.20. The second-order valence-electron chi connectivity index (χ2n) is 7.02. The molecule has 3 rings (SSSR count). The van der Waals surface area contributed by atoms with Crippen LogP contribution in [0.1, 0.15) is 37.7 Å². The molecule has 1 aliphatic heterocycles. The van der Waals surface area contributed by atoms with Crippen LogP contribution in [-0.4, -0.2) is 31.7 Å². The molecule has 2 aromatic rings. The number of anilines is 1. The Labute approximate surface area is 165 Å². The molecule has 1 amide bonds. The predicted octanol–water partition coefficient (Wildman–Crippen LogP) is 3.96. The van der Waals surface area contributed by atoms with E-state index >= 15 is 0 Å². The Hall–Kier alpha value is -2.25. The van der Waals surface area contributed by atoms with Gasteiger partial charge in [0.15, 0.2) is 0 Å². The molecule has 1 saturated heterocycles. The minimum Gasteiger partial charge on any atom is -0.326 e. The first kappa shape index (κ1) is 20.5. The monoisotopic (exact) mass is 404 g/mol. The van der Waals surface area contributed by atoms with Crippen LogP contribution in [-0.2, 0) is 21.2 Å². The number of benzene rings is 2. The fourth-order valence-corrected chi connectivity index (χ4v) is 4.86. The lowest BCUT2D eigenvalue weighted by Crippen LogP contribution is -2.32. The molecule has 28 heavy (non-hydrogen) atoms. The largest absolute Gasteiger partial charge is 0.326 e. The molecule has 1 N–H and O–H groups in total. The molecule has 1 fully saturated rings. The van der Waals surface area contributed by atoms with Gasteiger partial charge in [-0.2, -0.15) is 4.31 Å². The van der Waals surface area contributed by atoms with Crippen molar-refractivity contribution in [2.45, 2.75) is 43.4 Å². The first-order valence-electron chi connectivity index (χ1n) is 9.60. The van der Waals surface area contributed by atoms with Crippen molar-refractivity contribution >= 4 is 21.6 Å². The molecule has 1 aliphatic rings. The fourth-order valence-electron chi connectivity index (χ4n) is 3.30. The van der Waals surface area contributed by atoms with Crippen LogP contribution in [0.4, 0.5) is 10.1 Å². The van der Waals surface area contributed by atoms with Crippen molar-refractivity contribution < 1.29 is 17.6 Å². The summed E-state index contributed by atoms with van der Waals surface area (Å²) in [4.78, 5) is 12.4. The van der Waals surface area contributed by atoms with Gasteiger partial charge in [-0.05, 0) is 55.2 Å². The van der Waals surface area contributed by atoms with Crippen molar-refractivity contribution in [1.82, 2.24) is 4.31 Å². The molecule has 0 aliphatic carbocycles. The van der Waals surface area contributed by atoms with Crippen molar-refractivity contribution in [3.63, 3.8) is 0 Å². The van der Waals surface area contributed by atoms with Gasteiger partial charge in [0, 0.05) is 25.2 Å². The van der Waals surface area contributed by atoms with E-state index in [0.29, 0.717) is 25.2 Å². The number of carbonyl (C=O) groups excluding carboxylic acids is 1. The Morgan fingerprint density at radius 3 is 2.36 bits per heavy atom. The van der Waals surface area contributed by atoms with Crippen molar-refractivity contribution in [2.75, 3.05) is 18.4 Å². The number of hydrogen-bond donors (Lipinski definition) is 1. The molecule has 1 heterocycles. The number of hydrogen-bond acceptors (Lipinski definition) is 3. The molecule has 0 saturated carbocycles. The molecule has 0 unspecified atom stereocenters. The van der Waals surface area contributed by atoms with Crippen LogP contribution in [0.2, 0.25) is 0 Å². The Morgan fingerprint density at radius 2 is 1.68 bits per heavy atom. The van der Waals surface area contributed by atoms with Gasteiger partial charge in [0.25, 0.3) is 0 Å². The van der Waals surface area contributed by atoms with Crippen molar-refractivity contribution in [3.8, 4) is 0 Å². The Kier molecular flexibility index (Phi) is 6.80. The van der Waals surface area contributed by atoms with Gasteiger partial charge in [-0.1, -0.05) is 31.0 Å². The highest BCUT2D eigenvalue weighted by atomic mass is 32.2. The zero-order valence-corrected chi connectivity index (χ0v) is 16.6. The third kappa shape index (κ3) is 5.39. The SMILES string of the molecule is O=C(CCc1ccc(F)cc1)Nc1cccc(S(=O)(=O)N2CCCCCC2)c1. The van der Waals surface area contributed by atoms with Crippen LogP contribution >= 0.6 is 0 Å². The second kappa shape index (κ2) is 9.30. The summed E-state index contributed by atoms with van der Waals surface area (Å²) in [6.07, 6.45) is 4.57. The van der Waals surface area contributed by atoms with E-state index in [0.717, 1.165) is 31.2 Å². The standard InChI is InChI=1S/C21H25FN2O3S/c22-18-11-8-17(9-12-18)10-13-21(25)23-19-6-5-7-20(16-19)28(26,27)24-14-3-1-2-4-15-24/h5-9,11-12,16H,1-4,10,13-15H2,(H,23,25). The maximum absolute atomic E-state index is 12.9. The summed E-state index contributed by atoms with van der Waals surface area (Å²) in [6, 6.07) is 12.4. The van der Waals surface area contributed by atoms with Gasteiger partial charge in [-0.15, -0.1) is 0 Å². The first-order chi connectivity index (χ1) is 13.4. The van der Waals surface area contributed by atoms with Crippen molar-refractivity contribution in [1.29, 1.82) is 0 Å². The van der Waals surface area contributed by atoms with Crippen LogP contribution in [0.25, 0.3) is 0 Å². The number of aryl methyl sites for hydroxylation is 1. The summed E-state index contributed by atoms with van der Waals surface area (Å²) in [5.74, 6) is -0.524. The minimum absolute atomic E-state index is 0.200. The zero-order chi connectivity index (χ0) is 20.0. The molecule has 5 nitrogen and oxygen atoms in total. The smallest absolute Gasteiger partial charge is 0.243 e. The van der Waals surface area contributed by atoms with Crippen LogP contribution in [0, 0.1) is 5.82 Å². The van der Waals surface area contributed by atoms with E-state index in [9.17, 15) is 17.6 Å². The van der Waals surface area contributed by atoms with E-state index in [1.807, 2.05) is 0 Å². The molecule has 0 atom stereocenters. The molecule has 7 heteroatoms. The van der Waals surface area contributed by atoms with E-state index in [1.54, 1.807) is 30.3 Å². The lowest BCUT2D eigenvalue weighted by atomic mass is 10.1. The number of carbonyl (C=O) groups is 1. The molecule has 2 aromatic carbocycles. The van der Waals surface area contributed by atoms with E-state index in [-0.39, 0.29) is 23.0 Å². The van der Waals surface area contributed by atoms with Gasteiger partial charge in [-0.25, -0.2) is 12.8 Å². The highest BCUT2D eigenvalue weighted by molar-refractivity contribution is 7.89. The number of nitrogens with zero attached hydrogens (tertiary/aromatic N) is 1. The maximum atomic E-state index is 12.9. The second-order valence-corrected chi connectivity index (χ2v) is 8.96. The molecule has 150 valence electrons. The van der Waals surface area contributed by atoms with Crippen LogP contribution in [0.15, 0.2) is 53.4 Å². The normalized spacial score (nSPS) is 15.8. The Bertz CT molecular complexity index is 906. The van der Waals surface area contributed by atoms with Crippen LogP contribution < -0.4 is 5.32 Å². The quantitative estimate of drug-likeness (QED) is 0.792. The van der Waals surface area contributed by atoms with Gasteiger partial charge >= 0.3 is 0 Å². The fraction of sp³-hybridized carbons (Fsp3) is 0.381. The van der Waals surface area contributed by atoms with Crippen LogP contribution in [0.5, 0.6) is 0 Å². The average molecular weight is 405 g/mol. The zero-order valence-electron chi connectivity index (χ0n) is 15.7. The van der Waals surface area contributed by atoms with Crippen molar-refractivity contribution in [3.05, 3.63) is 59.9 Å². The molecule has 0 spiro atoms. The third-order valence-corrected chi connectivity index (χ3v) is 6.77. The van der Waals surface area contributed by atoms with E-state index in [2.05, 4.69) is 5.32 Å². The number of nitrogens with one attached hydrogen (secondary N) is 1. The summed E-state index contributed by atoms with van der Waals surface area (Å²) < 4.78 is 40.3. The highest BCUT2D eigenvalue weighted by Crippen LogP contribution is 2.22. The van der Waals surface area contributed by atoms with E-state index < -0.39 is 10.0 Å². The highest BCUT2D eigenvalue weighted by Gasteiger charge is 2.25. The van der Waals surface area contributed by atoms with Gasteiger partial charge in [0.05, 0.1) is 4.90 Å². The third-order valence-electron chi connectivity index (χ3n) is 4.87. The lowest BCUT2D eigenvalue weighted by molar-refractivity contribution is -0.116. The van der Waals surface area contributed by atoms with Gasteiger partial charge in [-0.3, -0.25) is 4.79 Å². The predicted molar refractivity (Wildman–Crippen MR) is 107 cm³/mol. The number of halogens is 1. The molecule has 0 bridgehead atoms. The minimum atomic E-state index is -3.56. The molecular weight excluding hydrogens is 379 g/mol. The number of rotatable bonds is 6. The Balaban J connectivity index is 1.63. The molecule has 0 aromatic heterocycles. The summed E-state index contributed by atoms with van der Waals surface area (Å²) in [6.45, 7) is 1.08.